The average molecular weight is 378 g/mol. The Balaban J connectivity index is 0.00000182. The second-order valence-corrected chi connectivity index (χ2v) is 7.16. The minimum absolute atomic E-state index is 0. The van der Waals surface area contributed by atoms with Gasteiger partial charge in [0.05, 0.1) is 10.2 Å². The molecule has 0 radical (unpaired) electrons. The van der Waals surface area contributed by atoms with Gasteiger partial charge in [0.15, 0.2) is 5.13 Å². The van der Waals surface area contributed by atoms with Crippen LogP contribution in [0.25, 0.3) is 10.2 Å². The highest BCUT2D eigenvalue weighted by atomic mass is 35.5. The Kier molecular flexibility index (Phi) is 5.08. The van der Waals surface area contributed by atoms with Crippen molar-refractivity contribution in [1.29, 1.82) is 0 Å². The van der Waals surface area contributed by atoms with Crippen LogP contribution in [0.3, 0.4) is 0 Å². The molecule has 1 aliphatic rings. The molecule has 6 nitrogen and oxygen atoms in total. The summed E-state index contributed by atoms with van der Waals surface area (Å²) in [4.78, 5) is 17.7. The van der Waals surface area contributed by atoms with E-state index in [-0.39, 0.29) is 18.3 Å². The van der Waals surface area contributed by atoms with E-state index in [1.165, 1.54) is 11.3 Å². The quantitative estimate of drug-likeness (QED) is 0.736. The van der Waals surface area contributed by atoms with Crippen molar-refractivity contribution < 1.29 is 4.79 Å². The average Bonchev–Trinajstić information content (AvgIpc) is 3.25. The Morgan fingerprint density at radius 2 is 2.12 bits per heavy atom. The van der Waals surface area contributed by atoms with Crippen LogP contribution in [-0.2, 0) is 10.3 Å². The molecule has 1 aliphatic heterocycles. The van der Waals surface area contributed by atoms with E-state index in [1.54, 1.807) is 10.9 Å². The number of aromatic nitrogens is 3. The Morgan fingerprint density at radius 1 is 1.32 bits per heavy atom. The lowest BCUT2D eigenvalue weighted by Gasteiger charge is -2.36. The van der Waals surface area contributed by atoms with Crippen LogP contribution >= 0.6 is 23.7 Å². The van der Waals surface area contributed by atoms with Gasteiger partial charge in [0.25, 0.3) is 5.91 Å². The number of nitrogens with one attached hydrogen (secondary N) is 2. The molecule has 4 rings (SSSR count). The lowest BCUT2D eigenvalue weighted by atomic mass is 9.87. The second-order valence-electron chi connectivity index (χ2n) is 6.13. The van der Waals surface area contributed by atoms with Crippen molar-refractivity contribution in [3.63, 3.8) is 0 Å². The molecule has 0 bridgehead atoms. The van der Waals surface area contributed by atoms with Gasteiger partial charge in [-0.3, -0.25) is 14.8 Å². The van der Waals surface area contributed by atoms with E-state index in [0.29, 0.717) is 18.0 Å². The molecule has 8 heteroatoms. The molecule has 2 aromatic heterocycles. The first-order valence-electron chi connectivity index (χ1n) is 8.07. The van der Waals surface area contributed by atoms with E-state index in [0.717, 1.165) is 28.9 Å². The van der Waals surface area contributed by atoms with Crippen molar-refractivity contribution in [1.82, 2.24) is 20.1 Å². The molecule has 0 saturated carbocycles. The summed E-state index contributed by atoms with van der Waals surface area (Å²) in [6.45, 7) is 3.63. The Labute approximate surface area is 156 Å². The summed E-state index contributed by atoms with van der Waals surface area (Å²) >= 11 is 1.51. The molecule has 1 fully saturated rings. The first kappa shape index (κ1) is 17.8. The molecular weight excluding hydrogens is 358 g/mol. The lowest BCUT2D eigenvalue weighted by Crippen LogP contribution is -2.52. The third kappa shape index (κ3) is 3.15. The molecule has 132 valence electrons. The van der Waals surface area contributed by atoms with Gasteiger partial charge in [0.1, 0.15) is 5.54 Å². The highest BCUT2D eigenvalue weighted by Crippen LogP contribution is 2.32. The SMILES string of the molecule is Cc1cccc2sc(NC(=O)C3(n4cccn4)CCNCC3)nc12.Cl. The Hall–Kier alpha value is -1.96. The number of anilines is 1. The minimum Gasteiger partial charge on any atom is -0.317 e. The Morgan fingerprint density at radius 3 is 2.80 bits per heavy atom. The summed E-state index contributed by atoms with van der Waals surface area (Å²) in [6.07, 6.45) is 5.01. The highest BCUT2D eigenvalue weighted by molar-refractivity contribution is 7.22. The van der Waals surface area contributed by atoms with Gasteiger partial charge in [-0.2, -0.15) is 5.10 Å². The fourth-order valence-corrected chi connectivity index (χ4v) is 4.21. The predicted molar refractivity (Wildman–Crippen MR) is 103 cm³/mol. The van der Waals surface area contributed by atoms with Crippen LogP contribution in [0.15, 0.2) is 36.7 Å². The summed E-state index contributed by atoms with van der Waals surface area (Å²) in [5.74, 6) is -0.0376. The number of carbonyl (C=O) groups is 1. The zero-order chi connectivity index (χ0) is 16.6. The number of rotatable bonds is 3. The molecule has 1 aromatic carbocycles. The van der Waals surface area contributed by atoms with E-state index >= 15 is 0 Å². The number of aryl methyl sites for hydroxylation is 1. The summed E-state index contributed by atoms with van der Waals surface area (Å²) in [5.41, 5.74) is 1.42. The summed E-state index contributed by atoms with van der Waals surface area (Å²) in [6, 6.07) is 7.94. The maximum atomic E-state index is 13.1. The first-order chi connectivity index (χ1) is 11.7. The third-order valence-electron chi connectivity index (χ3n) is 4.64. The molecule has 0 spiro atoms. The number of benzene rings is 1. The summed E-state index contributed by atoms with van der Waals surface area (Å²) in [5, 5.41) is 11.3. The number of hydrogen-bond acceptors (Lipinski definition) is 5. The van der Waals surface area contributed by atoms with Crippen molar-refractivity contribution in [3.8, 4) is 0 Å². The van der Waals surface area contributed by atoms with Crippen LogP contribution in [0.2, 0.25) is 0 Å². The fourth-order valence-electron chi connectivity index (χ4n) is 3.28. The van der Waals surface area contributed by atoms with Crippen molar-refractivity contribution in [3.05, 3.63) is 42.2 Å². The molecule has 3 aromatic rings. The van der Waals surface area contributed by atoms with E-state index in [9.17, 15) is 4.79 Å². The van der Waals surface area contributed by atoms with E-state index < -0.39 is 5.54 Å². The van der Waals surface area contributed by atoms with Crippen LogP contribution in [0.4, 0.5) is 5.13 Å². The van der Waals surface area contributed by atoms with Gasteiger partial charge in [-0.05, 0) is 50.6 Å². The highest BCUT2D eigenvalue weighted by Gasteiger charge is 2.42. The Bertz CT molecular complexity index is 870. The van der Waals surface area contributed by atoms with Crippen LogP contribution in [0.5, 0.6) is 0 Å². The van der Waals surface area contributed by atoms with E-state index in [1.807, 2.05) is 37.4 Å². The maximum absolute atomic E-state index is 13.1. The van der Waals surface area contributed by atoms with Gasteiger partial charge in [0.2, 0.25) is 0 Å². The smallest absolute Gasteiger partial charge is 0.254 e. The minimum atomic E-state index is -0.651. The molecule has 0 unspecified atom stereocenters. The van der Waals surface area contributed by atoms with Gasteiger partial charge < -0.3 is 5.32 Å². The number of amides is 1. The largest absolute Gasteiger partial charge is 0.317 e. The molecule has 0 atom stereocenters. The van der Waals surface area contributed by atoms with Crippen LogP contribution in [0.1, 0.15) is 18.4 Å². The number of piperidine rings is 1. The molecule has 3 heterocycles. The topological polar surface area (TPSA) is 71.8 Å². The number of halogens is 1. The van der Waals surface area contributed by atoms with Crippen LogP contribution in [-0.4, -0.2) is 33.8 Å². The van der Waals surface area contributed by atoms with Gasteiger partial charge in [-0.1, -0.05) is 23.5 Å². The normalized spacial score (nSPS) is 16.4. The standard InChI is InChI=1S/C17H19N5OS.ClH/c1-12-4-2-5-13-14(12)20-16(24-13)21-15(23)17(6-9-18-10-7-17)22-11-3-8-19-22;/h2-5,8,11,18H,6-7,9-10H2,1H3,(H,20,21,23);1H. The lowest BCUT2D eigenvalue weighted by molar-refractivity contribution is -0.126. The molecule has 1 saturated heterocycles. The molecule has 2 N–H and O–H groups in total. The number of carbonyl (C=O) groups excluding carboxylic acids is 1. The van der Waals surface area contributed by atoms with Crippen molar-refractivity contribution in [2.24, 2.45) is 0 Å². The number of hydrogen-bond donors (Lipinski definition) is 2. The molecular formula is C17H20ClN5OS. The zero-order valence-corrected chi connectivity index (χ0v) is 15.5. The molecule has 0 aliphatic carbocycles. The number of thiazole rings is 1. The van der Waals surface area contributed by atoms with E-state index in [2.05, 4.69) is 20.7 Å². The second kappa shape index (κ2) is 7.11. The first-order valence-corrected chi connectivity index (χ1v) is 8.89. The van der Waals surface area contributed by atoms with Crippen molar-refractivity contribution in [2.45, 2.75) is 25.3 Å². The summed E-state index contributed by atoms with van der Waals surface area (Å²) in [7, 11) is 0. The number of fused-ring (bicyclic) bond motifs is 1. The van der Waals surface area contributed by atoms with Gasteiger partial charge in [0, 0.05) is 12.4 Å². The fraction of sp³-hybridized carbons (Fsp3) is 0.353. The molecule has 1 amide bonds. The van der Waals surface area contributed by atoms with E-state index in [4.69, 9.17) is 0 Å². The maximum Gasteiger partial charge on any atom is 0.254 e. The number of nitrogens with zero attached hydrogens (tertiary/aromatic N) is 3. The van der Waals surface area contributed by atoms with Crippen molar-refractivity contribution in [2.75, 3.05) is 18.4 Å². The van der Waals surface area contributed by atoms with Crippen molar-refractivity contribution >= 4 is 45.0 Å². The van der Waals surface area contributed by atoms with Crippen LogP contribution in [0, 0.1) is 6.92 Å². The van der Waals surface area contributed by atoms with Crippen LogP contribution < -0.4 is 10.6 Å². The van der Waals surface area contributed by atoms with Gasteiger partial charge in [-0.15, -0.1) is 12.4 Å². The monoisotopic (exact) mass is 377 g/mol. The zero-order valence-electron chi connectivity index (χ0n) is 13.9. The number of para-hydroxylation sites is 1. The predicted octanol–water partition coefficient (Wildman–Crippen LogP) is 2.94. The molecule has 25 heavy (non-hydrogen) atoms. The van der Waals surface area contributed by atoms with Gasteiger partial charge >= 0.3 is 0 Å². The van der Waals surface area contributed by atoms with Gasteiger partial charge in [-0.25, -0.2) is 4.98 Å². The third-order valence-corrected chi connectivity index (χ3v) is 5.57. The summed E-state index contributed by atoms with van der Waals surface area (Å²) < 4.78 is 2.88.